The fraction of sp³-hybridized carbons (Fsp3) is 0.389. The van der Waals surface area contributed by atoms with Gasteiger partial charge in [-0.15, -0.1) is 0 Å². The van der Waals surface area contributed by atoms with Gasteiger partial charge in [0.15, 0.2) is 5.43 Å². The molecular weight excluding hydrogens is 246 g/mol. The normalized spacial score (nSPS) is 11.5. The van der Waals surface area contributed by atoms with Crippen molar-refractivity contribution in [2.45, 2.75) is 46.0 Å². The van der Waals surface area contributed by atoms with E-state index in [0.717, 1.165) is 28.6 Å². The molecule has 0 aliphatic heterocycles. The Labute approximate surface area is 120 Å². The zero-order valence-corrected chi connectivity index (χ0v) is 12.4. The Bertz CT molecular complexity index is 652. The van der Waals surface area contributed by atoms with Gasteiger partial charge in [0.25, 0.3) is 0 Å². The summed E-state index contributed by atoms with van der Waals surface area (Å²) in [7, 11) is 0. The zero-order chi connectivity index (χ0) is 14.4. The molecule has 1 N–H and O–H groups in total. The molecule has 0 aliphatic carbocycles. The smallest absolute Gasteiger partial charge is 0.192 e. The quantitative estimate of drug-likeness (QED) is 0.749. The summed E-state index contributed by atoms with van der Waals surface area (Å²) in [6.07, 6.45) is 10.4. The number of unbranched alkanes of at least 4 members (excludes halogenated alkanes) is 4. The van der Waals surface area contributed by atoms with Gasteiger partial charge in [0.2, 0.25) is 0 Å². The van der Waals surface area contributed by atoms with E-state index in [1.54, 1.807) is 0 Å². The predicted molar refractivity (Wildman–Crippen MR) is 87.1 cm³/mol. The van der Waals surface area contributed by atoms with Crippen molar-refractivity contribution in [3.8, 4) is 0 Å². The lowest BCUT2D eigenvalue weighted by molar-refractivity contribution is 0.675. The van der Waals surface area contributed by atoms with E-state index in [1.807, 2.05) is 31.2 Å². The summed E-state index contributed by atoms with van der Waals surface area (Å²) in [5.74, 6) is 0. The molecule has 2 aromatic rings. The van der Waals surface area contributed by atoms with E-state index < -0.39 is 0 Å². The third-order valence-electron chi connectivity index (χ3n) is 3.69. The number of benzene rings is 1. The van der Waals surface area contributed by atoms with Gasteiger partial charge < -0.3 is 4.98 Å². The van der Waals surface area contributed by atoms with Gasteiger partial charge in [-0.05, 0) is 38.0 Å². The lowest BCUT2D eigenvalue weighted by atomic mass is 10.1. The highest BCUT2D eigenvalue weighted by atomic mass is 16.1. The molecule has 0 radical (unpaired) electrons. The SMILES string of the molecule is CCCCCC/C=C\c1[nH]c2ccccc2c(=O)c1C. The van der Waals surface area contributed by atoms with E-state index >= 15 is 0 Å². The van der Waals surface area contributed by atoms with Crippen molar-refractivity contribution < 1.29 is 0 Å². The van der Waals surface area contributed by atoms with Crippen molar-refractivity contribution in [2.24, 2.45) is 0 Å². The molecule has 0 aliphatic rings. The van der Waals surface area contributed by atoms with Crippen LogP contribution in [-0.2, 0) is 0 Å². The second kappa shape index (κ2) is 7.09. The average molecular weight is 269 g/mol. The molecule has 1 aromatic heterocycles. The highest BCUT2D eigenvalue weighted by molar-refractivity contribution is 5.80. The Kier molecular flexibility index (Phi) is 5.16. The summed E-state index contributed by atoms with van der Waals surface area (Å²) >= 11 is 0. The van der Waals surface area contributed by atoms with Crippen molar-refractivity contribution >= 4 is 17.0 Å². The molecule has 0 atom stereocenters. The number of allylic oxidation sites excluding steroid dienone is 1. The first-order chi connectivity index (χ1) is 9.74. The molecule has 0 amide bonds. The summed E-state index contributed by atoms with van der Waals surface area (Å²) in [4.78, 5) is 15.6. The van der Waals surface area contributed by atoms with E-state index in [1.165, 1.54) is 25.7 Å². The fourth-order valence-electron chi connectivity index (χ4n) is 2.41. The number of aromatic amines is 1. The minimum Gasteiger partial charge on any atom is -0.355 e. The first-order valence-electron chi connectivity index (χ1n) is 7.52. The molecule has 20 heavy (non-hydrogen) atoms. The number of aromatic nitrogens is 1. The van der Waals surface area contributed by atoms with Crippen LogP contribution in [0.25, 0.3) is 17.0 Å². The Balaban J connectivity index is 2.16. The summed E-state index contributed by atoms with van der Waals surface area (Å²) in [5, 5.41) is 0.769. The van der Waals surface area contributed by atoms with Crippen LogP contribution >= 0.6 is 0 Å². The first-order valence-corrected chi connectivity index (χ1v) is 7.52. The maximum atomic E-state index is 12.3. The third kappa shape index (κ3) is 3.38. The van der Waals surface area contributed by atoms with Crippen LogP contribution in [-0.4, -0.2) is 4.98 Å². The molecule has 106 valence electrons. The van der Waals surface area contributed by atoms with E-state index in [4.69, 9.17) is 0 Å². The molecule has 0 saturated carbocycles. The van der Waals surface area contributed by atoms with Crippen LogP contribution in [0.1, 0.15) is 50.3 Å². The molecule has 2 rings (SSSR count). The highest BCUT2D eigenvalue weighted by Gasteiger charge is 2.05. The first kappa shape index (κ1) is 14.6. The molecule has 0 unspecified atom stereocenters. The largest absolute Gasteiger partial charge is 0.355 e. The number of nitrogens with one attached hydrogen (secondary N) is 1. The molecular formula is C18H23NO. The molecule has 2 heteroatoms. The van der Waals surface area contributed by atoms with E-state index in [0.29, 0.717) is 0 Å². The molecule has 0 saturated heterocycles. The zero-order valence-electron chi connectivity index (χ0n) is 12.4. The van der Waals surface area contributed by atoms with E-state index in [-0.39, 0.29) is 5.43 Å². The second-order valence-corrected chi connectivity index (χ2v) is 5.29. The van der Waals surface area contributed by atoms with Gasteiger partial charge in [0.1, 0.15) is 0 Å². The van der Waals surface area contributed by atoms with Gasteiger partial charge in [0, 0.05) is 22.2 Å². The van der Waals surface area contributed by atoms with Crippen molar-refractivity contribution in [3.63, 3.8) is 0 Å². The predicted octanol–water partition coefficient (Wildman–Crippen LogP) is 4.82. The van der Waals surface area contributed by atoms with Crippen LogP contribution in [0.2, 0.25) is 0 Å². The number of hydrogen-bond donors (Lipinski definition) is 1. The summed E-state index contributed by atoms with van der Waals surface area (Å²) in [6.45, 7) is 4.11. The van der Waals surface area contributed by atoms with Crippen molar-refractivity contribution in [1.29, 1.82) is 0 Å². The van der Waals surface area contributed by atoms with E-state index in [9.17, 15) is 4.79 Å². The van der Waals surface area contributed by atoms with Crippen molar-refractivity contribution in [1.82, 2.24) is 4.98 Å². The van der Waals surface area contributed by atoms with Gasteiger partial charge in [-0.25, -0.2) is 0 Å². The van der Waals surface area contributed by atoms with Gasteiger partial charge in [-0.2, -0.15) is 0 Å². The maximum Gasteiger partial charge on any atom is 0.192 e. The molecule has 1 heterocycles. The summed E-state index contributed by atoms with van der Waals surface area (Å²) < 4.78 is 0. The standard InChI is InChI=1S/C18H23NO/c1-3-4-5-6-7-8-12-16-14(2)18(20)15-11-9-10-13-17(15)19-16/h8-13H,3-7H2,1-2H3,(H,19,20)/b12-8-. The second-order valence-electron chi connectivity index (χ2n) is 5.29. The van der Waals surface area contributed by atoms with E-state index in [2.05, 4.69) is 24.1 Å². The average Bonchev–Trinajstić information content (AvgIpc) is 2.47. The van der Waals surface area contributed by atoms with Crippen LogP contribution in [0.4, 0.5) is 0 Å². The summed E-state index contributed by atoms with van der Waals surface area (Å²) in [5.41, 5.74) is 2.77. The number of pyridine rings is 1. The number of hydrogen-bond acceptors (Lipinski definition) is 1. The minimum atomic E-state index is 0.130. The van der Waals surface area contributed by atoms with Gasteiger partial charge >= 0.3 is 0 Å². The van der Waals surface area contributed by atoms with Crippen molar-refractivity contribution in [3.05, 3.63) is 51.8 Å². The van der Waals surface area contributed by atoms with Gasteiger partial charge in [-0.1, -0.05) is 44.4 Å². The Morgan fingerprint density at radius 2 is 1.95 bits per heavy atom. The molecule has 0 bridgehead atoms. The van der Waals surface area contributed by atoms with Gasteiger partial charge in [0.05, 0.1) is 0 Å². The topological polar surface area (TPSA) is 32.9 Å². The third-order valence-corrected chi connectivity index (χ3v) is 3.69. The van der Waals surface area contributed by atoms with Crippen LogP contribution in [0.15, 0.2) is 35.1 Å². The lowest BCUT2D eigenvalue weighted by Gasteiger charge is -2.04. The number of para-hydroxylation sites is 1. The Hall–Kier alpha value is -1.83. The molecule has 0 spiro atoms. The lowest BCUT2D eigenvalue weighted by Crippen LogP contribution is -2.09. The highest BCUT2D eigenvalue weighted by Crippen LogP contribution is 2.13. The summed E-state index contributed by atoms with van der Waals surface area (Å²) in [6, 6.07) is 7.68. The number of rotatable bonds is 6. The minimum absolute atomic E-state index is 0.130. The maximum absolute atomic E-state index is 12.3. The number of fused-ring (bicyclic) bond motifs is 1. The molecule has 0 fully saturated rings. The van der Waals surface area contributed by atoms with Crippen LogP contribution in [0.5, 0.6) is 0 Å². The number of H-pyrrole nitrogens is 1. The van der Waals surface area contributed by atoms with Crippen LogP contribution < -0.4 is 5.43 Å². The fourth-order valence-corrected chi connectivity index (χ4v) is 2.41. The monoisotopic (exact) mass is 269 g/mol. The van der Waals surface area contributed by atoms with Crippen molar-refractivity contribution in [2.75, 3.05) is 0 Å². The molecule has 2 nitrogen and oxygen atoms in total. The van der Waals surface area contributed by atoms with Crippen LogP contribution in [0.3, 0.4) is 0 Å². The van der Waals surface area contributed by atoms with Gasteiger partial charge in [-0.3, -0.25) is 4.79 Å². The van der Waals surface area contributed by atoms with Crippen LogP contribution in [0, 0.1) is 6.92 Å². The molecule has 1 aromatic carbocycles. The Morgan fingerprint density at radius 3 is 2.75 bits per heavy atom. The Morgan fingerprint density at radius 1 is 1.15 bits per heavy atom.